The summed E-state index contributed by atoms with van der Waals surface area (Å²) in [7, 11) is 1.97. The Balaban J connectivity index is 2.09. The Morgan fingerprint density at radius 1 is 1.32 bits per heavy atom. The fraction of sp³-hybridized carbons (Fsp3) is 0.357. The maximum absolute atomic E-state index is 4.40. The molecule has 19 heavy (non-hydrogen) atoms. The quantitative estimate of drug-likeness (QED) is 0.856. The Labute approximate surface area is 130 Å². The Bertz CT molecular complexity index is 578. The minimum Gasteiger partial charge on any atom is -0.304 e. The third-order valence-electron chi connectivity index (χ3n) is 3.21. The van der Waals surface area contributed by atoms with Gasteiger partial charge in [-0.05, 0) is 41.4 Å². The van der Waals surface area contributed by atoms with Crippen LogP contribution in [0, 0.1) is 6.92 Å². The summed E-state index contributed by atoms with van der Waals surface area (Å²) >= 11 is 7.18. The van der Waals surface area contributed by atoms with Gasteiger partial charge in [-0.15, -0.1) is 0 Å². The standard InChI is InChI=1S/C14H17Br2N3/c1-9(11-6-4-5-7-12(11)15)17-8-13-14(16)10(2)18-19(13)3/h4-7,9,17H,8H2,1-3H3/t9-/m1/s1. The number of nitrogens with zero attached hydrogens (tertiary/aromatic N) is 2. The van der Waals surface area contributed by atoms with Crippen LogP contribution < -0.4 is 5.32 Å². The first kappa shape index (κ1) is 14.8. The zero-order valence-corrected chi connectivity index (χ0v) is 14.4. The molecule has 5 heteroatoms. The summed E-state index contributed by atoms with van der Waals surface area (Å²) in [5, 5.41) is 7.93. The number of halogens is 2. The average Bonchev–Trinajstić information content (AvgIpc) is 2.61. The van der Waals surface area contributed by atoms with Crippen LogP contribution in [0.2, 0.25) is 0 Å². The summed E-state index contributed by atoms with van der Waals surface area (Å²) in [5.41, 5.74) is 3.45. The lowest BCUT2D eigenvalue weighted by Crippen LogP contribution is -2.20. The van der Waals surface area contributed by atoms with Crippen molar-refractivity contribution in [2.75, 3.05) is 0 Å². The molecule has 0 amide bonds. The van der Waals surface area contributed by atoms with Crippen molar-refractivity contribution in [3.63, 3.8) is 0 Å². The molecule has 0 fully saturated rings. The highest BCUT2D eigenvalue weighted by molar-refractivity contribution is 9.10. The third-order valence-corrected chi connectivity index (χ3v) is 4.96. The molecule has 0 unspecified atom stereocenters. The van der Waals surface area contributed by atoms with Crippen molar-refractivity contribution >= 4 is 31.9 Å². The average molecular weight is 387 g/mol. The first-order valence-corrected chi connectivity index (χ1v) is 7.75. The lowest BCUT2D eigenvalue weighted by atomic mass is 10.1. The van der Waals surface area contributed by atoms with Gasteiger partial charge in [0.15, 0.2) is 0 Å². The molecule has 0 radical (unpaired) electrons. The van der Waals surface area contributed by atoms with E-state index in [1.807, 2.05) is 24.7 Å². The SMILES string of the molecule is Cc1nn(C)c(CN[C@H](C)c2ccccc2Br)c1Br. The number of benzene rings is 1. The topological polar surface area (TPSA) is 29.9 Å². The maximum Gasteiger partial charge on any atom is 0.0739 e. The predicted octanol–water partition coefficient (Wildman–Crippen LogP) is 4.10. The van der Waals surface area contributed by atoms with Crippen LogP contribution in [-0.4, -0.2) is 9.78 Å². The molecular weight excluding hydrogens is 370 g/mol. The molecule has 1 N–H and O–H groups in total. The normalized spacial score (nSPS) is 12.7. The summed E-state index contributed by atoms with van der Waals surface area (Å²) in [6, 6.07) is 8.56. The largest absolute Gasteiger partial charge is 0.304 e. The van der Waals surface area contributed by atoms with Crippen molar-refractivity contribution in [2.24, 2.45) is 7.05 Å². The molecule has 1 atom stereocenters. The molecule has 2 aromatic rings. The predicted molar refractivity (Wildman–Crippen MR) is 85.0 cm³/mol. The molecule has 2 rings (SSSR count). The number of aromatic nitrogens is 2. The van der Waals surface area contributed by atoms with E-state index >= 15 is 0 Å². The van der Waals surface area contributed by atoms with E-state index in [0.29, 0.717) is 0 Å². The lowest BCUT2D eigenvalue weighted by Gasteiger charge is -2.16. The van der Waals surface area contributed by atoms with Crippen LogP contribution >= 0.6 is 31.9 Å². The van der Waals surface area contributed by atoms with Crippen molar-refractivity contribution in [1.82, 2.24) is 15.1 Å². The van der Waals surface area contributed by atoms with Gasteiger partial charge in [-0.1, -0.05) is 34.1 Å². The molecule has 1 heterocycles. The minimum absolute atomic E-state index is 0.276. The van der Waals surface area contributed by atoms with Gasteiger partial charge in [-0.25, -0.2) is 0 Å². The van der Waals surface area contributed by atoms with Gasteiger partial charge in [0, 0.05) is 24.1 Å². The van der Waals surface area contributed by atoms with Gasteiger partial charge in [0.1, 0.15) is 0 Å². The van der Waals surface area contributed by atoms with E-state index in [9.17, 15) is 0 Å². The van der Waals surface area contributed by atoms with Crippen molar-refractivity contribution < 1.29 is 0 Å². The van der Waals surface area contributed by atoms with Crippen molar-refractivity contribution in [3.05, 3.63) is 50.2 Å². The summed E-state index contributed by atoms with van der Waals surface area (Å²) in [5.74, 6) is 0. The van der Waals surface area contributed by atoms with E-state index in [1.165, 1.54) is 5.56 Å². The van der Waals surface area contributed by atoms with Crippen LogP contribution in [-0.2, 0) is 13.6 Å². The number of nitrogens with one attached hydrogen (secondary N) is 1. The second kappa shape index (κ2) is 6.20. The molecule has 0 spiro atoms. The first-order chi connectivity index (χ1) is 9.00. The van der Waals surface area contributed by atoms with Crippen molar-refractivity contribution in [2.45, 2.75) is 26.4 Å². The van der Waals surface area contributed by atoms with Gasteiger partial charge in [-0.3, -0.25) is 4.68 Å². The van der Waals surface area contributed by atoms with Crippen LogP contribution in [0.25, 0.3) is 0 Å². The molecule has 0 bridgehead atoms. The summed E-state index contributed by atoms with van der Waals surface area (Å²) in [6.45, 7) is 4.95. The fourth-order valence-corrected chi connectivity index (χ4v) is 3.16. The van der Waals surface area contributed by atoms with E-state index in [4.69, 9.17) is 0 Å². The van der Waals surface area contributed by atoms with Crippen LogP contribution in [0.1, 0.15) is 29.9 Å². The Morgan fingerprint density at radius 3 is 2.58 bits per heavy atom. The fourth-order valence-electron chi connectivity index (χ4n) is 2.06. The zero-order chi connectivity index (χ0) is 14.0. The van der Waals surface area contributed by atoms with E-state index in [2.05, 4.69) is 67.4 Å². The number of hydrogen-bond donors (Lipinski definition) is 1. The van der Waals surface area contributed by atoms with Crippen LogP contribution in [0.5, 0.6) is 0 Å². The highest BCUT2D eigenvalue weighted by atomic mass is 79.9. The van der Waals surface area contributed by atoms with Gasteiger partial charge in [0.2, 0.25) is 0 Å². The molecule has 0 aliphatic carbocycles. The zero-order valence-electron chi connectivity index (χ0n) is 11.2. The Morgan fingerprint density at radius 2 is 2.00 bits per heavy atom. The van der Waals surface area contributed by atoms with Crippen LogP contribution in [0.15, 0.2) is 33.2 Å². The maximum atomic E-state index is 4.40. The molecule has 1 aromatic heterocycles. The third kappa shape index (κ3) is 3.27. The van der Waals surface area contributed by atoms with Crippen molar-refractivity contribution in [1.29, 1.82) is 0 Å². The molecule has 1 aromatic carbocycles. The Kier molecular flexibility index (Phi) is 4.81. The smallest absolute Gasteiger partial charge is 0.0739 e. The van der Waals surface area contributed by atoms with Gasteiger partial charge in [0.25, 0.3) is 0 Å². The molecule has 0 saturated carbocycles. The van der Waals surface area contributed by atoms with E-state index in [1.54, 1.807) is 0 Å². The lowest BCUT2D eigenvalue weighted by molar-refractivity contribution is 0.545. The monoisotopic (exact) mass is 385 g/mol. The highest BCUT2D eigenvalue weighted by Crippen LogP contribution is 2.24. The van der Waals surface area contributed by atoms with Crippen LogP contribution in [0.3, 0.4) is 0 Å². The molecule has 0 aliphatic rings. The van der Waals surface area contributed by atoms with Gasteiger partial charge < -0.3 is 5.32 Å². The van der Waals surface area contributed by atoms with E-state index < -0.39 is 0 Å². The van der Waals surface area contributed by atoms with Crippen molar-refractivity contribution in [3.8, 4) is 0 Å². The first-order valence-electron chi connectivity index (χ1n) is 6.16. The summed E-state index contributed by atoms with van der Waals surface area (Å²) in [6.07, 6.45) is 0. The summed E-state index contributed by atoms with van der Waals surface area (Å²) in [4.78, 5) is 0. The van der Waals surface area contributed by atoms with Gasteiger partial charge >= 0.3 is 0 Å². The minimum atomic E-state index is 0.276. The molecule has 102 valence electrons. The number of rotatable bonds is 4. The highest BCUT2D eigenvalue weighted by Gasteiger charge is 2.13. The second-order valence-corrected chi connectivity index (χ2v) is 6.24. The second-order valence-electron chi connectivity index (χ2n) is 4.59. The number of aryl methyl sites for hydroxylation is 2. The Hall–Kier alpha value is -0.650. The molecule has 3 nitrogen and oxygen atoms in total. The van der Waals surface area contributed by atoms with Gasteiger partial charge in [0.05, 0.1) is 15.9 Å². The number of hydrogen-bond acceptors (Lipinski definition) is 2. The van der Waals surface area contributed by atoms with Gasteiger partial charge in [-0.2, -0.15) is 5.10 Å². The molecule has 0 aliphatic heterocycles. The van der Waals surface area contributed by atoms with Crippen LogP contribution in [0.4, 0.5) is 0 Å². The molecular formula is C14H17Br2N3. The molecule has 0 saturated heterocycles. The summed E-state index contributed by atoms with van der Waals surface area (Å²) < 4.78 is 4.14. The van der Waals surface area contributed by atoms with E-state index in [0.717, 1.165) is 26.9 Å². The van der Waals surface area contributed by atoms with E-state index in [-0.39, 0.29) is 6.04 Å².